The summed E-state index contributed by atoms with van der Waals surface area (Å²) in [6.07, 6.45) is 0.219. The fourth-order valence-electron chi connectivity index (χ4n) is 2.56. The Balaban J connectivity index is 2.13. The molecule has 0 fully saturated rings. The average Bonchev–Trinajstić information content (AvgIpc) is 2.66. The number of carbonyl (C=O) groups is 1. The van der Waals surface area contributed by atoms with Crippen molar-refractivity contribution in [2.75, 3.05) is 7.11 Å². The van der Waals surface area contributed by atoms with E-state index < -0.39 is 12.1 Å². The molecule has 0 aliphatic heterocycles. The van der Waals surface area contributed by atoms with E-state index in [0.717, 1.165) is 23.3 Å². The van der Waals surface area contributed by atoms with Gasteiger partial charge in [-0.15, -0.1) is 0 Å². The Kier molecular flexibility index (Phi) is 7.07. The zero-order valence-electron chi connectivity index (χ0n) is 16.2. The summed E-state index contributed by atoms with van der Waals surface area (Å²) in [5, 5.41) is 0. The summed E-state index contributed by atoms with van der Waals surface area (Å²) in [7, 11) is 1.36. The van der Waals surface area contributed by atoms with Gasteiger partial charge >= 0.3 is 5.97 Å². The second kappa shape index (κ2) is 9.27. The van der Waals surface area contributed by atoms with Gasteiger partial charge < -0.3 is 14.2 Å². The number of carbonyl (C=O) groups excluding carboxylic acids is 1. The van der Waals surface area contributed by atoms with Crippen LogP contribution in [0.15, 0.2) is 42.5 Å². The van der Waals surface area contributed by atoms with Crippen molar-refractivity contribution in [2.45, 2.75) is 52.7 Å². The number of esters is 1. The molecular weight excluding hydrogens is 328 g/mol. The molecule has 0 aromatic heterocycles. The van der Waals surface area contributed by atoms with Crippen molar-refractivity contribution in [2.24, 2.45) is 0 Å². The fraction of sp³-hybridized carbons (Fsp3) is 0.409. The van der Waals surface area contributed by atoms with E-state index >= 15 is 0 Å². The maximum atomic E-state index is 11.7. The van der Waals surface area contributed by atoms with E-state index in [1.165, 1.54) is 12.7 Å². The predicted octanol–water partition coefficient (Wildman–Crippen LogP) is 4.89. The molecule has 0 N–H and O–H groups in total. The van der Waals surface area contributed by atoms with Crippen LogP contribution in [0.4, 0.5) is 0 Å². The van der Waals surface area contributed by atoms with E-state index in [-0.39, 0.29) is 0 Å². The van der Waals surface area contributed by atoms with Crippen LogP contribution in [0, 0.1) is 0 Å². The van der Waals surface area contributed by atoms with Crippen LogP contribution < -0.4 is 9.47 Å². The minimum atomic E-state index is -0.670. The lowest BCUT2D eigenvalue weighted by atomic mass is 10.0. The molecule has 2 rings (SSSR count). The SMILES string of the molecule is CCc1ccc(COc2ccc(C(C)C)cc2)c(OC(C)C(=O)OC)c1. The lowest BCUT2D eigenvalue weighted by Crippen LogP contribution is -2.25. The maximum absolute atomic E-state index is 11.7. The standard InChI is InChI=1S/C22H28O4/c1-6-17-7-8-19(21(13-17)26-16(4)22(23)24-5)14-25-20-11-9-18(10-12-20)15(2)3/h7-13,15-16H,6,14H2,1-5H3. The van der Waals surface area contributed by atoms with Gasteiger partial charge in [0.15, 0.2) is 6.10 Å². The van der Waals surface area contributed by atoms with Gasteiger partial charge in [0.25, 0.3) is 0 Å². The van der Waals surface area contributed by atoms with E-state index in [1.54, 1.807) is 6.92 Å². The Hall–Kier alpha value is -2.49. The first kappa shape index (κ1) is 19.8. The predicted molar refractivity (Wildman–Crippen MR) is 103 cm³/mol. The highest BCUT2D eigenvalue weighted by atomic mass is 16.6. The van der Waals surface area contributed by atoms with Gasteiger partial charge in [-0.2, -0.15) is 0 Å². The third-order valence-corrected chi connectivity index (χ3v) is 4.32. The monoisotopic (exact) mass is 356 g/mol. The minimum absolute atomic E-state index is 0.369. The molecule has 0 aliphatic carbocycles. The van der Waals surface area contributed by atoms with Gasteiger partial charge in [0, 0.05) is 5.56 Å². The van der Waals surface area contributed by atoms with Crippen molar-refractivity contribution in [3.05, 3.63) is 59.2 Å². The topological polar surface area (TPSA) is 44.8 Å². The molecule has 4 nitrogen and oxygen atoms in total. The van der Waals surface area contributed by atoms with Crippen LogP contribution in [-0.4, -0.2) is 19.2 Å². The van der Waals surface area contributed by atoms with Crippen LogP contribution in [-0.2, 0) is 22.6 Å². The minimum Gasteiger partial charge on any atom is -0.489 e. The molecule has 26 heavy (non-hydrogen) atoms. The van der Waals surface area contributed by atoms with Crippen molar-refractivity contribution >= 4 is 5.97 Å². The number of aryl methyl sites for hydroxylation is 1. The Morgan fingerprint density at radius 2 is 1.73 bits per heavy atom. The van der Waals surface area contributed by atoms with E-state index in [4.69, 9.17) is 14.2 Å². The molecule has 2 aromatic carbocycles. The smallest absolute Gasteiger partial charge is 0.346 e. The molecule has 0 bridgehead atoms. The Bertz CT molecular complexity index is 719. The largest absolute Gasteiger partial charge is 0.489 e. The number of methoxy groups -OCH3 is 1. The Morgan fingerprint density at radius 1 is 1.04 bits per heavy atom. The molecular formula is C22H28O4. The van der Waals surface area contributed by atoms with Crippen LogP contribution in [0.5, 0.6) is 11.5 Å². The lowest BCUT2D eigenvalue weighted by Gasteiger charge is -2.17. The van der Waals surface area contributed by atoms with Crippen LogP contribution in [0.2, 0.25) is 0 Å². The molecule has 1 unspecified atom stereocenters. The van der Waals surface area contributed by atoms with Gasteiger partial charge in [0.1, 0.15) is 18.1 Å². The number of hydrogen-bond donors (Lipinski definition) is 0. The quantitative estimate of drug-likeness (QED) is 0.632. The zero-order valence-corrected chi connectivity index (χ0v) is 16.2. The number of ether oxygens (including phenoxy) is 3. The van der Waals surface area contributed by atoms with Crippen molar-refractivity contribution in [3.8, 4) is 11.5 Å². The molecule has 0 heterocycles. The van der Waals surface area contributed by atoms with E-state index in [0.29, 0.717) is 18.3 Å². The first-order valence-electron chi connectivity index (χ1n) is 9.03. The number of rotatable bonds is 8. The van der Waals surface area contributed by atoms with E-state index in [1.807, 2.05) is 24.3 Å². The molecule has 0 amide bonds. The number of hydrogen-bond acceptors (Lipinski definition) is 4. The van der Waals surface area contributed by atoms with Crippen LogP contribution in [0.25, 0.3) is 0 Å². The van der Waals surface area contributed by atoms with Crippen molar-refractivity contribution in [1.82, 2.24) is 0 Å². The molecule has 0 radical (unpaired) electrons. The van der Waals surface area contributed by atoms with Gasteiger partial charge in [-0.3, -0.25) is 0 Å². The van der Waals surface area contributed by atoms with E-state index in [9.17, 15) is 4.79 Å². The summed E-state index contributed by atoms with van der Waals surface area (Å²) in [6, 6.07) is 14.1. The van der Waals surface area contributed by atoms with Crippen molar-refractivity contribution in [3.63, 3.8) is 0 Å². The Morgan fingerprint density at radius 3 is 2.31 bits per heavy atom. The lowest BCUT2D eigenvalue weighted by molar-refractivity contribution is -0.147. The summed E-state index contributed by atoms with van der Waals surface area (Å²) in [5.74, 6) is 1.55. The highest BCUT2D eigenvalue weighted by molar-refractivity contribution is 5.74. The van der Waals surface area contributed by atoms with Crippen molar-refractivity contribution < 1.29 is 19.0 Å². The molecule has 140 valence electrons. The van der Waals surface area contributed by atoms with Gasteiger partial charge in [-0.1, -0.05) is 45.0 Å². The molecule has 2 aromatic rings. The van der Waals surface area contributed by atoms with Gasteiger partial charge in [0.05, 0.1) is 7.11 Å². The number of benzene rings is 2. The van der Waals surface area contributed by atoms with Gasteiger partial charge in [0.2, 0.25) is 0 Å². The van der Waals surface area contributed by atoms with E-state index in [2.05, 4.69) is 39.0 Å². The fourth-order valence-corrected chi connectivity index (χ4v) is 2.56. The first-order chi connectivity index (χ1) is 12.4. The average molecular weight is 356 g/mol. The molecule has 0 aliphatic rings. The molecule has 0 saturated heterocycles. The highest BCUT2D eigenvalue weighted by Crippen LogP contribution is 2.25. The second-order valence-corrected chi connectivity index (χ2v) is 6.59. The third-order valence-electron chi connectivity index (χ3n) is 4.32. The van der Waals surface area contributed by atoms with Crippen molar-refractivity contribution in [1.29, 1.82) is 0 Å². The Labute approximate surface area is 156 Å². The highest BCUT2D eigenvalue weighted by Gasteiger charge is 2.17. The summed E-state index contributed by atoms with van der Waals surface area (Å²) >= 11 is 0. The molecule has 1 atom stereocenters. The van der Waals surface area contributed by atoms with Gasteiger partial charge in [-0.05, 0) is 48.6 Å². The van der Waals surface area contributed by atoms with Crippen LogP contribution in [0.3, 0.4) is 0 Å². The normalized spacial score (nSPS) is 11.9. The molecule has 0 saturated carbocycles. The first-order valence-corrected chi connectivity index (χ1v) is 9.03. The molecule has 4 heteroatoms. The zero-order chi connectivity index (χ0) is 19.1. The molecule has 0 spiro atoms. The summed E-state index contributed by atoms with van der Waals surface area (Å²) in [4.78, 5) is 11.7. The third kappa shape index (κ3) is 5.25. The van der Waals surface area contributed by atoms with Crippen LogP contribution >= 0.6 is 0 Å². The summed E-state index contributed by atoms with van der Waals surface area (Å²) in [6.45, 7) is 8.46. The second-order valence-electron chi connectivity index (χ2n) is 6.59. The van der Waals surface area contributed by atoms with Gasteiger partial charge in [-0.25, -0.2) is 4.79 Å². The summed E-state index contributed by atoms with van der Waals surface area (Å²) < 4.78 is 16.5. The van der Waals surface area contributed by atoms with Crippen LogP contribution in [0.1, 0.15) is 50.3 Å². The maximum Gasteiger partial charge on any atom is 0.346 e. The summed E-state index contributed by atoms with van der Waals surface area (Å²) in [5.41, 5.74) is 3.31.